The third kappa shape index (κ3) is 7.66. The van der Waals surface area contributed by atoms with Gasteiger partial charge in [0.15, 0.2) is 12.4 Å². The predicted octanol–water partition coefficient (Wildman–Crippen LogP) is -0.689. The van der Waals surface area contributed by atoms with E-state index < -0.39 is 0 Å². The van der Waals surface area contributed by atoms with Crippen LogP contribution in [0.1, 0.15) is 38.5 Å². The first kappa shape index (κ1) is 15.4. The highest BCUT2D eigenvalue weighted by molar-refractivity contribution is 4.83. The van der Waals surface area contributed by atoms with E-state index in [0.29, 0.717) is 6.61 Å². The maximum absolute atomic E-state index is 8.61. The molecule has 2 nitrogen and oxygen atoms in total. The number of unbranched alkanes of at least 4 members (excludes halogenated alkanes) is 5. The number of aryl methyl sites for hydroxylation is 1. The quantitative estimate of drug-likeness (QED) is 0.475. The number of halogens is 1. The van der Waals surface area contributed by atoms with E-state index in [-0.39, 0.29) is 12.4 Å². The van der Waals surface area contributed by atoms with Crippen molar-refractivity contribution in [2.24, 2.45) is 0 Å². The molecule has 0 aliphatic heterocycles. The van der Waals surface area contributed by atoms with Gasteiger partial charge < -0.3 is 17.5 Å². The molecule has 1 N–H and O–H groups in total. The van der Waals surface area contributed by atoms with Crippen molar-refractivity contribution < 1.29 is 22.1 Å². The SMILES string of the molecule is OCCCCCCCC[n+]1ccccc1.[Cl-]. The summed E-state index contributed by atoms with van der Waals surface area (Å²) >= 11 is 0. The van der Waals surface area contributed by atoms with Crippen molar-refractivity contribution in [1.29, 1.82) is 0 Å². The molecule has 1 aromatic rings. The van der Waals surface area contributed by atoms with Gasteiger partial charge in [-0.2, -0.15) is 0 Å². The molecule has 3 heteroatoms. The summed E-state index contributed by atoms with van der Waals surface area (Å²) in [5.41, 5.74) is 0. The molecule has 0 spiro atoms. The molecule has 0 radical (unpaired) electrons. The molecule has 0 bridgehead atoms. The Bertz CT molecular complexity index is 241. The van der Waals surface area contributed by atoms with Gasteiger partial charge in [0.2, 0.25) is 0 Å². The lowest BCUT2D eigenvalue weighted by Gasteiger charge is -1.99. The highest BCUT2D eigenvalue weighted by Crippen LogP contribution is 2.04. The smallest absolute Gasteiger partial charge is 0.168 e. The number of pyridine rings is 1. The molecule has 0 aliphatic rings. The number of hydrogen-bond acceptors (Lipinski definition) is 1. The molecule has 1 heterocycles. The average Bonchev–Trinajstić information content (AvgIpc) is 2.29. The Morgan fingerprint density at radius 1 is 0.750 bits per heavy atom. The van der Waals surface area contributed by atoms with E-state index in [0.717, 1.165) is 13.0 Å². The van der Waals surface area contributed by atoms with Crippen LogP contribution in [0, 0.1) is 0 Å². The normalized spacial score (nSPS) is 9.81. The molecule has 0 amide bonds. The second-order valence-corrected chi connectivity index (χ2v) is 3.96. The van der Waals surface area contributed by atoms with Gasteiger partial charge in [0, 0.05) is 25.2 Å². The predicted molar refractivity (Wildman–Crippen MR) is 61.4 cm³/mol. The Morgan fingerprint density at radius 2 is 1.31 bits per heavy atom. The number of rotatable bonds is 8. The summed E-state index contributed by atoms with van der Waals surface area (Å²) in [6.45, 7) is 1.47. The highest BCUT2D eigenvalue weighted by Gasteiger charge is 1.97. The molecule has 1 aromatic heterocycles. The third-order valence-corrected chi connectivity index (χ3v) is 2.60. The lowest BCUT2D eigenvalue weighted by molar-refractivity contribution is -0.697. The molecule has 1 rings (SSSR count). The Hall–Kier alpha value is -0.600. The van der Waals surface area contributed by atoms with Crippen LogP contribution in [0.2, 0.25) is 0 Å². The maximum Gasteiger partial charge on any atom is 0.168 e. The van der Waals surface area contributed by atoms with Gasteiger partial charge >= 0.3 is 0 Å². The third-order valence-electron chi connectivity index (χ3n) is 2.60. The fraction of sp³-hybridized carbons (Fsp3) is 0.615. The van der Waals surface area contributed by atoms with E-state index >= 15 is 0 Å². The molecule has 0 aromatic carbocycles. The van der Waals surface area contributed by atoms with Crippen molar-refractivity contribution in [2.45, 2.75) is 45.1 Å². The van der Waals surface area contributed by atoms with E-state index in [2.05, 4.69) is 29.1 Å². The largest absolute Gasteiger partial charge is 1.00 e. The Kier molecular flexibility index (Phi) is 10.5. The zero-order valence-corrected chi connectivity index (χ0v) is 10.6. The maximum atomic E-state index is 8.61. The second-order valence-electron chi connectivity index (χ2n) is 3.96. The minimum absolute atomic E-state index is 0. The Labute approximate surface area is 105 Å². The van der Waals surface area contributed by atoms with Gasteiger partial charge in [0.1, 0.15) is 6.54 Å². The van der Waals surface area contributed by atoms with Crippen LogP contribution in [0.4, 0.5) is 0 Å². The van der Waals surface area contributed by atoms with Crippen molar-refractivity contribution in [3.63, 3.8) is 0 Å². The highest BCUT2D eigenvalue weighted by atomic mass is 35.5. The minimum atomic E-state index is 0. The Morgan fingerprint density at radius 3 is 1.94 bits per heavy atom. The van der Waals surface area contributed by atoms with Crippen LogP contribution < -0.4 is 17.0 Å². The summed E-state index contributed by atoms with van der Waals surface area (Å²) in [5, 5.41) is 8.61. The van der Waals surface area contributed by atoms with Gasteiger partial charge in [0.05, 0.1) is 0 Å². The van der Waals surface area contributed by atoms with E-state index in [4.69, 9.17) is 5.11 Å². The molecule has 0 saturated heterocycles. The Balaban J connectivity index is 0.00000225. The van der Waals surface area contributed by atoms with Crippen LogP contribution in [0.15, 0.2) is 30.6 Å². The number of nitrogens with zero attached hydrogens (tertiary/aromatic N) is 1. The first-order valence-corrected chi connectivity index (χ1v) is 5.98. The summed E-state index contributed by atoms with van der Waals surface area (Å²) in [6, 6.07) is 6.19. The first-order valence-electron chi connectivity index (χ1n) is 5.98. The van der Waals surface area contributed by atoms with Crippen LogP contribution in [0.25, 0.3) is 0 Å². The standard InChI is InChI=1S/C13H22NO.ClH/c15-13-9-4-2-1-3-6-10-14-11-7-5-8-12-14;/h5,7-8,11-12,15H,1-4,6,9-10,13H2;1H/q+1;/p-1. The summed E-state index contributed by atoms with van der Waals surface area (Å²) in [4.78, 5) is 0. The fourth-order valence-electron chi connectivity index (χ4n) is 1.70. The zero-order chi connectivity index (χ0) is 10.8. The molecule has 0 fully saturated rings. The molecular weight excluding hydrogens is 222 g/mol. The van der Waals surface area contributed by atoms with Crippen LogP contribution in [-0.4, -0.2) is 11.7 Å². The lowest BCUT2D eigenvalue weighted by atomic mass is 10.1. The van der Waals surface area contributed by atoms with Crippen LogP contribution in [0.5, 0.6) is 0 Å². The van der Waals surface area contributed by atoms with Gasteiger partial charge in [-0.25, -0.2) is 4.57 Å². The van der Waals surface area contributed by atoms with Gasteiger partial charge in [-0.3, -0.25) is 0 Å². The fourth-order valence-corrected chi connectivity index (χ4v) is 1.70. The van der Waals surface area contributed by atoms with Gasteiger partial charge in [-0.1, -0.05) is 25.3 Å². The number of aliphatic hydroxyl groups excluding tert-OH is 1. The van der Waals surface area contributed by atoms with Crippen molar-refractivity contribution >= 4 is 0 Å². The van der Waals surface area contributed by atoms with E-state index in [1.165, 1.54) is 32.1 Å². The van der Waals surface area contributed by atoms with Gasteiger partial charge in [0.25, 0.3) is 0 Å². The van der Waals surface area contributed by atoms with Gasteiger partial charge in [-0.15, -0.1) is 0 Å². The van der Waals surface area contributed by atoms with Crippen LogP contribution in [0.3, 0.4) is 0 Å². The molecule has 0 atom stereocenters. The van der Waals surface area contributed by atoms with Crippen LogP contribution >= 0.6 is 0 Å². The van der Waals surface area contributed by atoms with E-state index in [1.807, 2.05) is 6.07 Å². The van der Waals surface area contributed by atoms with Crippen molar-refractivity contribution in [1.82, 2.24) is 0 Å². The van der Waals surface area contributed by atoms with E-state index in [9.17, 15) is 0 Å². The first-order chi connectivity index (χ1) is 7.43. The second kappa shape index (κ2) is 10.9. The topological polar surface area (TPSA) is 24.1 Å². The van der Waals surface area contributed by atoms with Crippen molar-refractivity contribution in [2.75, 3.05) is 6.61 Å². The van der Waals surface area contributed by atoms with Gasteiger partial charge in [-0.05, 0) is 12.8 Å². The summed E-state index contributed by atoms with van der Waals surface area (Å²) in [7, 11) is 0. The molecule has 0 saturated carbocycles. The monoisotopic (exact) mass is 243 g/mol. The summed E-state index contributed by atoms with van der Waals surface area (Å²) in [5.74, 6) is 0. The number of aliphatic hydroxyl groups is 1. The molecule has 0 aliphatic carbocycles. The number of hydrogen-bond donors (Lipinski definition) is 1. The van der Waals surface area contributed by atoms with Crippen molar-refractivity contribution in [3.05, 3.63) is 30.6 Å². The van der Waals surface area contributed by atoms with E-state index in [1.54, 1.807) is 0 Å². The minimum Gasteiger partial charge on any atom is -1.00 e. The molecule has 92 valence electrons. The average molecular weight is 244 g/mol. The number of aromatic nitrogens is 1. The van der Waals surface area contributed by atoms with Crippen molar-refractivity contribution in [3.8, 4) is 0 Å². The molecule has 0 unspecified atom stereocenters. The zero-order valence-electron chi connectivity index (χ0n) is 9.82. The molecule has 16 heavy (non-hydrogen) atoms. The summed E-state index contributed by atoms with van der Waals surface area (Å²) in [6.07, 6.45) is 11.5. The van der Waals surface area contributed by atoms with Crippen LogP contribution in [-0.2, 0) is 6.54 Å². The molecular formula is C13H22ClNO. The summed E-state index contributed by atoms with van der Waals surface area (Å²) < 4.78 is 2.23. The lowest BCUT2D eigenvalue weighted by Crippen LogP contribution is -3.00.